The lowest BCUT2D eigenvalue weighted by Gasteiger charge is -2.25. The zero-order chi connectivity index (χ0) is 15.8. The van der Waals surface area contributed by atoms with Crippen molar-refractivity contribution in [2.24, 2.45) is 5.73 Å². The number of carbonyl (C=O) groups excluding carboxylic acids is 1. The van der Waals surface area contributed by atoms with Gasteiger partial charge in [-0.1, -0.05) is 48.5 Å². The number of nitrogens with two attached hydrogens (primary N) is 1. The minimum atomic E-state index is 0. The Bertz CT molecular complexity index is 577. The second-order valence-electron chi connectivity index (χ2n) is 5.27. The quantitative estimate of drug-likeness (QED) is 0.847. The van der Waals surface area contributed by atoms with Gasteiger partial charge < -0.3 is 10.6 Å². The van der Waals surface area contributed by atoms with Crippen LogP contribution >= 0.6 is 12.4 Å². The predicted octanol–water partition coefficient (Wildman–Crippen LogP) is 2.53. The fourth-order valence-electron chi connectivity index (χ4n) is 2.33. The molecular formula is C18H24ClN3O. The summed E-state index contributed by atoms with van der Waals surface area (Å²) >= 11 is 0. The Hall–Kier alpha value is -1.88. The molecule has 0 atom stereocenters. The molecule has 0 spiro atoms. The van der Waals surface area contributed by atoms with Gasteiger partial charge in [0, 0.05) is 32.4 Å². The molecule has 0 saturated carbocycles. The molecule has 4 nitrogen and oxygen atoms in total. The van der Waals surface area contributed by atoms with Gasteiger partial charge >= 0.3 is 0 Å². The highest BCUT2D eigenvalue weighted by Gasteiger charge is 2.15. The van der Waals surface area contributed by atoms with Crippen molar-refractivity contribution in [2.45, 2.75) is 6.54 Å². The molecule has 2 rings (SSSR count). The highest BCUT2D eigenvalue weighted by Crippen LogP contribution is 2.12. The van der Waals surface area contributed by atoms with Crippen LogP contribution in [-0.4, -0.2) is 37.5 Å². The molecule has 0 fully saturated rings. The summed E-state index contributed by atoms with van der Waals surface area (Å²) in [4.78, 5) is 16.2. The van der Waals surface area contributed by atoms with Gasteiger partial charge in [0.25, 0.3) is 0 Å². The zero-order valence-corrected chi connectivity index (χ0v) is 14.2. The predicted molar refractivity (Wildman–Crippen MR) is 97.9 cm³/mol. The summed E-state index contributed by atoms with van der Waals surface area (Å²) in [5.74, 6) is 0.0654. The van der Waals surface area contributed by atoms with Gasteiger partial charge in [-0.05, 0) is 17.7 Å². The van der Waals surface area contributed by atoms with E-state index >= 15 is 0 Å². The first-order valence-corrected chi connectivity index (χ1v) is 7.48. The van der Waals surface area contributed by atoms with E-state index in [9.17, 15) is 4.79 Å². The number of rotatable bonds is 7. The zero-order valence-electron chi connectivity index (χ0n) is 13.4. The monoisotopic (exact) mass is 333 g/mol. The van der Waals surface area contributed by atoms with Gasteiger partial charge in [0.05, 0.1) is 6.54 Å². The highest BCUT2D eigenvalue weighted by atomic mass is 35.5. The van der Waals surface area contributed by atoms with E-state index in [1.165, 1.54) is 5.56 Å². The number of benzene rings is 2. The summed E-state index contributed by atoms with van der Waals surface area (Å²) in [5, 5.41) is 0. The largest absolute Gasteiger partial charge is 0.329 e. The summed E-state index contributed by atoms with van der Waals surface area (Å²) in [6, 6.07) is 19.8. The number of amides is 1. The number of halogens is 1. The number of para-hydroxylation sites is 1. The average molecular weight is 334 g/mol. The van der Waals surface area contributed by atoms with E-state index in [0.717, 1.165) is 12.2 Å². The molecule has 1 amide bonds. The number of hydrogen-bond acceptors (Lipinski definition) is 3. The first-order chi connectivity index (χ1) is 10.7. The second-order valence-corrected chi connectivity index (χ2v) is 5.27. The average Bonchev–Trinajstić information content (AvgIpc) is 2.56. The van der Waals surface area contributed by atoms with E-state index in [4.69, 9.17) is 5.73 Å². The van der Waals surface area contributed by atoms with Crippen LogP contribution in [-0.2, 0) is 11.3 Å². The molecule has 0 heterocycles. The molecular weight excluding hydrogens is 310 g/mol. The lowest BCUT2D eigenvalue weighted by Crippen LogP contribution is -2.40. The Labute approximate surface area is 144 Å². The normalized spacial score (nSPS) is 10.2. The smallest absolute Gasteiger partial charge is 0.240 e. The maximum absolute atomic E-state index is 12.5. The number of hydrogen-bond donors (Lipinski definition) is 1. The van der Waals surface area contributed by atoms with E-state index in [0.29, 0.717) is 19.6 Å². The molecule has 0 bridgehead atoms. The van der Waals surface area contributed by atoms with E-state index in [2.05, 4.69) is 17.0 Å². The van der Waals surface area contributed by atoms with E-state index in [1.807, 2.05) is 48.5 Å². The molecule has 23 heavy (non-hydrogen) atoms. The molecule has 0 aliphatic carbocycles. The first-order valence-electron chi connectivity index (χ1n) is 7.48. The summed E-state index contributed by atoms with van der Waals surface area (Å²) < 4.78 is 0. The topological polar surface area (TPSA) is 49.6 Å². The molecule has 124 valence electrons. The van der Waals surface area contributed by atoms with Crippen molar-refractivity contribution in [3.63, 3.8) is 0 Å². The SMILES string of the molecule is CN(C(=O)CN(CCN)Cc1ccccc1)c1ccccc1.Cl. The van der Waals surface area contributed by atoms with Gasteiger partial charge in [-0.3, -0.25) is 9.69 Å². The maximum Gasteiger partial charge on any atom is 0.240 e. The third-order valence-electron chi connectivity index (χ3n) is 3.57. The summed E-state index contributed by atoms with van der Waals surface area (Å²) in [6.45, 7) is 2.32. The lowest BCUT2D eigenvalue weighted by atomic mass is 10.2. The van der Waals surface area contributed by atoms with Gasteiger partial charge in [0.15, 0.2) is 0 Å². The van der Waals surface area contributed by atoms with Crippen LogP contribution in [0.4, 0.5) is 5.69 Å². The fraction of sp³-hybridized carbons (Fsp3) is 0.278. The molecule has 0 radical (unpaired) electrons. The summed E-state index contributed by atoms with van der Waals surface area (Å²) in [6.07, 6.45) is 0. The van der Waals surface area contributed by atoms with Gasteiger partial charge in [0.2, 0.25) is 5.91 Å². The van der Waals surface area contributed by atoms with E-state index in [1.54, 1.807) is 11.9 Å². The van der Waals surface area contributed by atoms with Crippen molar-refractivity contribution in [1.29, 1.82) is 0 Å². The molecule has 2 N–H and O–H groups in total. The number of likely N-dealkylation sites (N-methyl/N-ethyl adjacent to an activating group) is 1. The van der Waals surface area contributed by atoms with Crippen LogP contribution in [0.2, 0.25) is 0 Å². The Kier molecular flexibility index (Phi) is 8.33. The summed E-state index contributed by atoms with van der Waals surface area (Å²) in [5.41, 5.74) is 7.77. The molecule has 2 aromatic carbocycles. The van der Waals surface area contributed by atoms with E-state index in [-0.39, 0.29) is 18.3 Å². The van der Waals surface area contributed by atoms with Crippen molar-refractivity contribution >= 4 is 24.0 Å². The van der Waals surface area contributed by atoms with Crippen LogP contribution < -0.4 is 10.6 Å². The van der Waals surface area contributed by atoms with Crippen LogP contribution in [0.3, 0.4) is 0 Å². The molecule has 5 heteroatoms. The highest BCUT2D eigenvalue weighted by molar-refractivity contribution is 5.94. The van der Waals surface area contributed by atoms with Crippen LogP contribution in [0.1, 0.15) is 5.56 Å². The molecule has 0 aromatic heterocycles. The van der Waals surface area contributed by atoms with Crippen LogP contribution in [0.15, 0.2) is 60.7 Å². The van der Waals surface area contributed by atoms with Crippen LogP contribution in [0, 0.1) is 0 Å². The van der Waals surface area contributed by atoms with Gasteiger partial charge in [-0.25, -0.2) is 0 Å². The first kappa shape index (κ1) is 19.2. The third kappa shape index (κ3) is 6.02. The number of carbonyl (C=O) groups is 1. The van der Waals surface area contributed by atoms with Crippen LogP contribution in [0.5, 0.6) is 0 Å². The Morgan fingerprint density at radius 3 is 2.13 bits per heavy atom. The Morgan fingerprint density at radius 1 is 1.00 bits per heavy atom. The fourth-order valence-corrected chi connectivity index (χ4v) is 2.33. The van der Waals surface area contributed by atoms with Crippen molar-refractivity contribution < 1.29 is 4.79 Å². The van der Waals surface area contributed by atoms with Crippen molar-refractivity contribution in [1.82, 2.24) is 4.90 Å². The maximum atomic E-state index is 12.5. The minimum absolute atomic E-state index is 0. The molecule has 0 aliphatic heterocycles. The number of anilines is 1. The second kappa shape index (κ2) is 10.0. The minimum Gasteiger partial charge on any atom is -0.329 e. The van der Waals surface area contributed by atoms with Crippen molar-refractivity contribution in [2.75, 3.05) is 31.6 Å². The standard InChI is InChI=1S/C18H23N3O.ClH/c1-20(17-10-6-3-7-11-17)18(22)15-21(13-12-19)14-16-8-4-2-5-9-16;/h2-11H,12-15,19H2,1H3;1H. The molecule has 0 saturated heterocycles. The summed E-state index contributed by atoms with van der Waals surface area (Å²) in [7, 11) is 1.81. The molecule has 2 aromatic rings. The molecule has 0 unspecified atom stereocenters. The van der Waals surface area contributed by atoms with Gasteiger partial charge in [-0.2, -0.15) is 0 Å². The van der Waals surface area contributed by atoms with Gasteiger partial charge in [0.1, 0.15) is 0 Å². The lowest BCUT2D eigenvalue weighted by molar-refractivity contribution is -0.119. The Morgan fingerprint density at radius 2 is 1.57 bits per heavy atom. The van der Waals surface area contributed by atoms with Crippen LogP contribution in [0.25, 0.3) is 0 Å². The molecule has 0 aliphatic rings. The van der Waals surface area contributed by atoms with Crippen molar-refractivity contribution in [3.8, 4) is 0 Å². The van der Waals surface area contributed by atoms with E-state index < -0.39 is 0 Å². The Balaban J connectivity index is 0.00000264. The third-order valence-corrected chi connectivity index (χ3v) is 3.57. The number of nitrogens with zero attached hydrogens (tertiary/aromatic N) is 2. The van der Waals surface area contributed by atoms with Crippen molar-refractivity contribution in [3.05, 3.63) is 66.2 Å². The van der Waals surface area contributed by atoms with Gasteiger partial charge in [-0.15, -0.1) is 12.4 Å².